The van der Waals surface area contributed by atoms with E-state index in [1.54, 1.807) is 17.5 Å². The number of nitrogens with one attached hydrogen (secondary N) is 1. The van der Waals surface area contributed by atoms with Gasteiger partial charge in [0.1, 0.15) is 5.01 Å². The molecule has 2 aromatic heterocycles. The molecule has 5 heteroatoms. The van der Waals surface area contributed by atoms with Crippen LogP contribution in [0.15, 0.2) is 54.9 Å². The molecule has 2 heterocycles. The molecule has 2 atom stereocenters. The predicted molar refractivity (Wildman–Crippen MR) is 97.9 cm³/mol. The molecule has 0 fully saturated rings. The zero-order valence-corrected chi connectivity index (χ0v) is 14.6. The van der Waals surface area contributed by atoms with Crippen LogP contribution in [0.3, 0.4) is 0 Å². The summed E-state index contributed by atoms with van der Waals surface area (Å²) in [7, 11) is 0. The minimum atomic E-state index is -0.0930. The van der Waals surface area contributed by atoms with Gasteiger partial charge in [-0.2, -0.15) is 0 Å². The Morgan fingerprint density at radius 1 is 1.17 bits per heavy atom. The Morgan fingerprint density at radius 2 is 1.96 bits per heavy atom. The molecule has 3 aromatic rings. The Bertz CT molecular complexity index is 774. The van der Waals surface area contributed by atoms with Crippen molar-refractivity contribution in [2.75, 3.05) is 6.61 Å². The average molecular weight is 339 g/mol. The fraction of sp³-hybridized carbons (Fsp3) is 0.263. The molecule has 0 spiro atoms. The largest absolute Gasteiger partial charge is 0.394 e. The standard InChI is InChI=1S/C19H21N3OS/c1-13(21-17(12-23)15-7-4-3-5-8-15)18-14(2)22-19(24-18)16-9-6-10-20-11-16/h3-11,13,17,21,23H,12H2,1-2H3. The lowest BCUT2D eigenvalue weighted by atomic mass is 10.1. The van der Waals surface area contributed by atoms with Crippen LogP contribution in [0.4, 0.5) is 0 Å². The van der Waals surface area contributed by atoms with Gasteiger partial charge in [0.15, 0.2) is 0 Å². The summed E-state index contributed by atoms with van der Waals surface area (Å²) in [6, 6.07) is 14.0. The number of benzene rings is 1. The molecule has 0 saturated carbocycles. The average Bonchev–Trinajstić information content (AvgIpc) is 3.03. The molecular weight excluding hydrogens is 318 g/mol. The first-order valence-electron chi connectivity index (χ1n) is 7.98. The van der Waals surface area contributed by atoms with Crippen molar-refractivity contribution in [2.24, 2.45) is 0 Å². The molecule has 2 N–H and O–H groups in total. The number of thiazole rings is 1. The third-order valence-electron chi connectivity index (χ3n) is 3.97. The van der Waals surface area contributed by atoms with E-state index >= 15 is 0 Å². The summed E-state index contributed by atoms with van der Waals surface area (Å²) in [4.78, 5) is 10.0. The van der Waals surface area contributed by atoms with Gasteiger partial charge in [-0.15, -0.1) is 11.3 Å². The highest BCUT2D eigenvalue weighted by atomic mass is 32.1. The quantitative estimate of drug-likeness (QED) is 0.715. The van der Waals surface area contributed by atoms with E-state index in [9.17, 15) is 5.11 Å². The lowest BCUT2D eigenvalue weighted by Gasteiger charge is -2.21. The number of aromatic nitrogens is 2. The van der Waals surface area contributed by atoms with Crippen molar-refractivity contribution in [1.29, 1.82) is 0 Å². The maximum absolute atomic E-state index is 9.74. The van der Waals surface area contributed by atoms with Crippen molar-refractivity contribution >= 4 is 11.3 Å². The first-order valence-corrected chi connectivity index (χ1v) is 8.80. The van der Waals surface area contributed by atoms with Crippen LogP contribution in [-0.2, 0) is 0 Å². The van der Waals surface area contributed by atoms with E-state index in [1.165, 1.54) is 4.88 Å². The van der Waals surface area contributed by atoms with Gasteiger partial charge in [-0.3, -0.25) is 4.98 Å². The van der Waals surface area contributed by atoms with Gasteiger partial charge in [0, 0.05) is 28.9 Å². The molecule has 0 bridgehead atoms. The van der Waals surface area contributed by atoms with Gasteiger partial charge in [0.05, 0.1) is 18.3 Å². The van der Waals surface area contributed by atoms with Crippen LogP contribution in [0, 0.1) is 6.92 Å². The second kappa shape index (κ2) is 7.66. The highest BCUT2D eigenvalue weighted by molar-refractivity contribution is 7.15. The fourth-order valence-corrected chi connectivity index (χ4v) is 3.81. The molecule has 0 amide bonds. The van der Waals surface area contributed by atoms with Gasteiger partial charge >= 0.3 is 0 Å². The van der Waals surface area contributed by atoms with Crippen LogP contribution < -0.4 is 5.32 Å². The van der Waals surface area contributed by atoms with Gasteiger partial charge in [-0.05, 0) is 31.5 Å². The summed E-state index contributed by atoms with van der Waals surface area (Å²) in [5, 5.41) is 14.2. The molecule has 0 saturated heterocycles. The lowest BCUT2D eigenvalue weighted by molar-refractivity contribution is 0.236. The molecule has 0 radical (unpaired) electrons. The minimum Gasteiger partial charge on any atom is -0.394 e. The van der Waals surface area contributed by atoms with Crippen LogP contribution in [0.5, 0.6) is 0 Å². The maximum atomic E-state index is 9.74. The second-order valence-corrected chi connectivity index (χ2v) is 6.78. The number of aliphatic hydroxyl groups excluding tert-OH is 1. The van der Waals surface area contributed by atoms with Crippen molar-refractivity contribution in [3.05, 3.63) is 71.0 Å². The number of hydrogen-bond donors (Lipinski definition) is 2. The van der Waals surface area contributed by atoms with E-state index in [4.69, 9.17) is 0 Å². The zero-order chi connectivity index (χ0) is 16.9. The molecule has 4 nitrogen and oxygen atoms in total. The van der Waals surface area contributed by atoms with E-state index in [0.29, 0.717) is 0 Å². The predicted octanol–water partition coefficient (Wildman–Crippen LogP) is 3.90. The third kappa shape index (κ3) is 3.70. The van der Waals surface area contributed by atoms with Crippen molar-refractivity contribution in [3.8, 4) is 10.6 Å². The van der Waals surface area contributed by atoms with Gasteiger partial charge in [0.2, 0.25) is 0 Å². The number of nitrogens with zero attached hydrogens (tertiary/aromatic N) is 2. The Kier molecular flexibility index (Phi) is 5.35. The molecule has 1 aromatic carbocycles. The summed E-state index contributed by atoms with van der Waals surface area (Å²) < 4.78 is 0. The van der Waals surface area contributed by atoms with E-state index in [-0.39, 0.29) is 18.7 Å². The first kappa shape index (κ1) is 16.8. The van der Waals surface area contributed by atoms with Crippen molar-refractivity contribution in [1.82, 2.24) is 15.3 Å². The highest BCUT2D eigenvalue weighted by Gasteiger charge is 2.19. The third-order valence-corrected chi connectivity index (χ3v) is 5.36. The van der Waals surface area contributed by atoms with Crippen molar-refractivity contribution < 1.29 is 5.11 Å². The van der Waals surface area contributed by atoms with Gasteiger partial charge < -0.3 is 10.4 Å². The fourth-order valence-electron chi connectivity index (χ4n) is 2.74. The van der Waals surface area contributed by atoms with Crippen LogP contribution in [0.25, 0.3) is 10.6 Å². The van der Waals surface area contributed by atoms with Crippen molar-refractivity contribution in [3.63, 3.8) is 0 Å². The number of hydrogen-bond acceptors (Lipinski definition) is 5. The van der Waals surface area contributed by atoms with Crippen LogP contribution in [0.1, 0.15) is 35.1 Å². The summed E-state index contributed by atoms with van der Waals surface area (Å²) in [5.41, 5.74) is 3.14. The topological polar surface area (TPSA) is 58.0 Å². The Hall–Kier alpha value is -2.08. The Balaban J connectivity index is 1.80. The molecule has 0 aliphatic carbocycles. The molecule has 0 aliphatic heterocycles. The number of pyridine rings is 1. The highest BCUT2D eigenvalue weighted by Crippen LogP contribution is 2.32. The zero-order valence-electron chi connectivity index (χ0n) is 13.8. The summed E-state index contributed by atoms with van der Waals surface area (Å²) >= 11 is 1.67. The van der Waals surface area contributed by atoms with E-state index < -0.39 is 0 Å². The molecule has 24 heavy (non-hydrogen) atoms. The molecule has 124 valence electrons. The summed E-state index contributed by atoms with van der Waals surface area (Å²) in [6.07, 6.45) is 3.60. The van der Waals surface area contributed by atoms with Crippen LogP contribution >= 0.6 is 11.3 Å². The van der Waals surface area contributed by atoms with E-state index in [2.05, 4.69) is 22.2 Å². The lowest BCUT2D eigenvalue weighted by Crippen LogP contribution is -2.27. The SMILES string of the molecule is Cc1nc(-c2cccnc2)sc1C(C)NC(CO)c1ccccc1. The second-order valence-electron chi connectivity index (χ2n) is 5.74. The van der Waals surface area contributed by atoms with Crippen molar-refractivity contribution in [2.45, 2.75) is 25.9 Å². The molecule has 0 aliphatic rings. The van der Waals surface area contributed by atoms with E-state index in [1.807, 2.05) is 55.6 Å². The Labute approximate surface area is 146 Å². The summed E-state index contributed by atoms with van der Waals surface area (Å²) in [6.45, 7) is 4.20. The van der Waals surface area contributed by atoms with Gasteiger partial charge in [-0.1, -0.05) is 30.3 Å². The molecule has 2 unspecified atom stereocenters. The maximum Gasteiger partial charge on any atom is 0.125 e. The summed E-state index contributed by atoms with van der Waals surface area (Å²) in [5.74, 6) is 0. The van der Waals surface area contributed by atoms with Crippen LogP contribution in [-0.4, -0.2) is 21.7 Å². The van der Waals surface area contributed by atoms with E-state index in [0.717, 1.165) is 21.8 Å². The smallest absolute Gasteiger partial charge is 0.125 e. The first-order chi connectivity index (χ1) is 11.7. The number of aryl methyl sites for hydroxylation is 1. The minimum absolute atomic E-state index is 0.0572. The van der Waals surface area contributed by atoms with Crippen LogP contribution in [0.2, 0.25) is 0 Å². The Morgan fingerprint density at radius 3 is 2.62 bits per heavy atom. The van der Waals surface area contributed by atoms with Gasteiger partial charge in [0.25, 0.3) is 0 Å². The van der Waals surface area contributed by atoms with Gasteiger partial charge in [-0.25, -0.2) is 4.98 Å². The normalized spacial score (nSPS) is 13.6. The number of aliphatic hydroxyl groups is 1. The molecular formula is C19H21N3OS. The molecule has 3 rings (SSSR count). The number of rotatable bonds is 6. The monoisotopic (exact) mass is 339 g/mol.